The number of rotatable bonds is 23. The lowest BCUT2D eigenvalue weighted by atomic mass is 9.79. The van der Waals surface area contributed by atoms with Crippen LogP contribution in [0.15, 0.2) is 102 Å². The average molecular weight is 1760 g/mol. The molecule has 672 valence electrons. The van der Waals surface area contributed by atoms with Crippen molar-refractivity contribution in [2.75, 3.05) is 13.2 Å². The number of ether oxygens (including phenoxy) is 3. The van der Waals surface area contributed by atoms with Crippen LogP contribution in [0.5, 0.6) is 34.5 Å². The molecule has 6 aromatic rings. The summed E-state index contributed by atoms with van der Waals surface area (Å²) in [5.41, 5.74) is 10.4. The smallest absolute Gasteiger partial charge is 0.311 e. The summed E-state index contributed by atoms with van der Waals surface area (Å²) >= 11 is 11.0. The van der Waals surface area contributed by atoms with Crippen molar-refractivity contribution >= 4 is 88.5 Å². The van der Waals surface area contributed by atoms with Gasteiger partial charge in [0.15, 0.2) is 0 Å². The number of hydrogen-bond acceptors (Lipinski definition) is 15. The first-order valence-corrected chi connectivity index (χ1v) is 47.7. The van der Waals surface area contributed by atoms with E-state index in [1.54, 1.807) is 23.5 Å². The maximum atomic E-state index is 12.7. The van der Waals surface area contributed by atoms with E-state index in [1.807, 2.05) is 47.0 Å². The number of carboxylic acid groups (broad SMARTS) is 2. The SMILES string of the molecule is CC(C)(Sc1cc(C(C)(C)C)c(O)c(C(C)(C)C)c1)Sc1cc(C(C)(C)C)c(OC(=O)CCC(=O)O)c(C(C)(C)C)c1.CC(C)(Sc1cc(C(C)(C)C)c(O)c(C(C)(C)C)c1)Sc1cc(C(C)(C)C)c(OCCCC(=O)O)c(C(C)(C)C)c1.CCOc1c(C(C)(C)C)cc(SC(C)(C)Sc2cc(C(C)(C)C)c(O)c(C(C)(C)C)c2)cc1C(C)(C)C. The first-order valence-electron chi connectivity index (χ1n) is 42.8. The summed E-state index contributed by atoms with van der Waals surface area (Å²) in [4.78, 5) is 41.8. The van der Waals surface area contributed by atoms with Crippen molar-refractivity contribution in [3.8, 4) is 34.5 Å². The lowest BCUT2D eigenvalue weighted by Gasteiger charge is -2.32. The maximum absolute atomic E-state index is 12.7. The van der Waals surface area contributed by atoms with E-state index in [0.717, 1.165) is 81.8 Å². The fourth-order valence-electron chi connectivity index (χ4n) is 13.9. The molecule has 5 N–H and O–H groups in total. The minimum Gasteiger partial charge on any atom is -0.507 e. The first kappa shape index (κ1) is 107. The second-order valence-corrected chi connectivity index (χ2v) is 57.1. The van der Waals surface area contributed by atoms with Gasteiger partial charge in [-0.3, -0.25) is 14.4 Å². The largest absolute Gasteiger partial charge is 0.507 e. The van der Waals surface area contributed by atoms with Crippen molar-refractivity contribution in [1.29, 1.82) is 0 Å². The van der Waals surface area contributed by atoms with Crippen molar-refractivity contribution in [2.24, 2.45) is 0 Å². The molecular weight excluding hydrogens is 1610 g/mol. The number of aliphatic carboxylic acids is 2. The van der Waals surface area contributed by atoms with Crippen LogP contribution < -0.4 is 14.2 Å². The molecule has 0 bridgehead atoms. The summed E-state index contributed by atoms with van der Waals surface area (Å²) in [5, 5.41) is 51.7. The van der Waals surface area contributed by atoms with Gasteiger partial charge in [0.1, 0.15) is 34.5 Å². The van der Waals surface area contributed by atoms with Crippen LogP contribution in [0.1, 0.15) is 390 Å². The minimum atomic E-state index is -1.02. The lowest BCUT2D eigenvalue weighted by Crippen LogP contribution is -2.22. The number of benzene rings is 6. The summed E-state index contributed by atoms with van der Waals surface area (Å²) in [6.45, 7) is 94.7. The third-order valence-corrected chi connectivity index (χ3v) is 27.4. The summed E-state index contributed by atoms with van der Waals surface area (Å²) in [6, 6.07) is 26.4. The van der Waals surface area contributed by atoms with Gasteiger partial charge in [-0.05, 0) is 193 Å². The van der Waals surface area contributed by atoms with Crippen molar-refractivity contribution < 1.29 is 54.1 Å². The topological polar surface area (TPSA) is 180 Å². The van der Waals surface area contributed by atoms with Crippen LogP contribution in [0.4, 0.5) is 0 Å². The Morgan fingerprint density at radius 2 is 0.433 bits per heavy atom. The molecule has 0 saturated heterocycles. The Labute approximate surface area is 754 Å². The fourth-order valence-corrected chi connectivity index (χ4v) is 21.6. The average Bonchev–Trinajstić information content (AvgIpc) is 0.774. The standard InChI is InChI=1S/C35H52O5S2.C35H54O4S2.C33H52O2S2/c1-31(2,3)23-17-21(18-24(29(23)39)32(4,5)6)41-35(13,14)42-22-19-25(33(7,8)9)30(26(20-22)34(10,11)12)40-28(38)16-15-27(36)37;1-31(2,3)24-18-22(19-25(29(24)38)32(4,5)6)40-35(13,14)41-23-20-26(33(7,8)9)30(27(21-23)34(10,11)12)39-17-15-16-28(36)37;1-16-35-28-25(31(8,9)10)19-22(20-26(28)32(11,12)13)37-33(14,15)36-21-17-23(29(2,3)4)27(34)24(18-21)30(5,6)7/h17-20,39H,15-16H2,1-14H3,(H,36,37);18-21,38H,15-17H2,1-14H3,(H,36,37);17-20,34H,16H2,1-15H3. The molecule has 0 heterocycles. The Morgan fingerprint density at radius 1 is 0.258 bits per heavy atom. The number of thioether (sulfide) groups is 6. The number of phenols is 3. The van der Waals surface area contributed by atoms with Gasteiger partial charge >= 0.3 is 17.9 Å². The highest BCUT2D eigenvalue weighted by atomic mass is 32.2. The number of carbonyl (C=O) groups excluding carboxylic acids is 1. The molecule has 11 nitrogen and oxygen atoms in total. The van der Waals surface area contributed by atoms with E-state index in [4.69, 9.17) is 24.4 Å². The molecule has 0 aliphatic rings. The van der Waals surface area contributed by atoms with Crippen molar-refractivity contribution in [3.05, 3.63) is 140 Å². The van der Waals surface area contributed by atoms with Crippen LogP contribution in [0.3, 0.4) is 0 Å². The Bertz CT molecular complexity index is 4350. The molecule has 17 heteroatoms. The molecule has 0 aromatic heterocycles. The van der Waals surface area contributed by atoms with Gasteiger partial charge in [-0.15, -0.1) is 70.6 Å². The Balaban J connectivity index is 0.000000379. The molecule has 0 aliphatic carbocycles. The van der Waals surface area contributed by atoms with Gasteiger partial charge in [0.2, 0.25) is 0 Å². The number of carboxylic acids is 2. The van der Waals surface area contributed by atoms with Crippen molar-refractivity contribution in [1.82, 2.24) is 0 Å². The molecule has 0 fully saturated rings. The Morgan fingerprint density at radius 3 is 0.608 bits per heavy atom. The quantitative estimate of drug-likeness (QED) is 0.0134. The maximum Gasteiger partial charge on any atom is 0.311 e. The number of hydrogen-bond donors (Lipinski definition) is 5. The van der Waals surface area contributed by atoms with Crippen LogP contribution in [-0.2, 0) is 79.4 Å². The first-order chi connectivity index (χ1) is 53.5. The zero-order valence-electron chi connectivity index (χ0n) is 82.3. The normalized spacial score (nSPS) is 13.5. The predicted molar refractivity (Wildman–Crippen MR) is 521 cm³/mol. The van der Waals surface area contributed by atoms with Crippen LogP contribution in [-0.4, -0.2) is 68.9 Å². The molecule has 120 heavy (non-hydrogen) atoms. The summed E-state index contributed by atoms with van der Waals surface area (Å²) < 4.78 is 17.9. The highest BCUT2D eigenvalue weighted by Crippen LogP contribution is 2.56. The summed E-state index contributed by atoms with van der Waals surface area (Å²) in [6.07, 6.45) is 0.129. The van der Waals surface area contributed by atoms with Gasteiger partial charge in [0.25, 0.3) is 0 Å². The van der Waals surface area contributed by atoms with Gasteiger partial charge < -0.3 is 39.7 Å². The Hall–Kier alpha value is -5.17. The third-order valence-electron chi connectivity index (χ3n) is 20.1. The van der Waals surface area contributed by atoms with E-state index in [2.05, 4.69) is 371 Å². The molecule has 0 radical (unpaired) electrons. The van der Waals surface area contributed by atoms with E-state index in [0.29, 0.717) is 42.6 Å². The molecule has 0 aliphatic heterocycles. The van der Waals surface area contributed by atoms with Gasteiger partial charge in [0, 0.05) is 103 Å². The second kappa shape index (κ2) is 39.0. The number of aromatic hydroxyl groups is 3. The lowest BCUT2D eigenvalue weighted by molar-refractivity contribution is -0.142. The van der Waals surface area contributed by atoms with E-state index >= 15 is 0 Å². The fraction of sp³-hybridized carbons (Fsp3) is 0.621. The monoisotopic (exact) mass is 1760 g/mol. The van der Waals surface area contributed by atoms with Gasteiger partial charge in [0.05, 0.1) is 38.3 Å². The van der Waals surface area contributed by atoms with Gasteiger partial charge in [-0.2, -0.15) is 0 Å². The molecular formula is C103H158O11S6. The molecule has 0 atom stereocenters. The third kappa shape index (κ3) is 31.4. The van der Waals surface area contributed by atoms with E-state index < -0.39 is 17.9 Å². The molecule has 0 unspecified atom stereocenters. The van der Waals surface area contributed by atoms with Crippen LogP contribution in [0, 0.1) is 0 Å². The van der Waals surface area contributed by atoms with Crippen LogP contribution >= 0.6 is 70.6 Å². The predicted octanol–water partition coefficient (Wildman–Crippen LogP) is 31.0. The highest BCUT2D eigenvalue weighted by molar-refractivity contribution is 8.19. The number of esters is 1. The van der Waals surface area contributed by atoms with E-state index in [-0.39, 0.29) is 96.5 Å². The minimum absolute atomic E-state index is 0.0292. The van der Waals surface area contributed by atoms with Crippen LogP contribution in [0.25, 0.3) is 0 Å². The Kier molecular flexibility index (Phi) is 34.8. The summed E-state index contributed by atoms with van der Waals surface area (Å²) in [7, 11) is 0. The zero-order valence-corrected chi connectivity index (χ0v) is 87.2. The zero-order chi connectivity index (χ0) is 93.2. The van der Waals surface area contributed by atoms with Gasteiger partial charge in [-0.25, -0.2) is 0 Å². The number of phenolic OH excluding ortho intramolecular Hbond substituents is 3. The van der Waals surface area contributed by atoms with Crippen molar-refractivity contribution in [3.63, 3.8) is 0 Å². The molecule has 6 rings (SSSR count). The van der Waals surface area contributed by atoms with E-state index in [1.165, 1.54) is 25.8 Å². The van der Waals surface area contributed by atoms with Crippen molar-refractivity contribution in [2.45, 2.75) is 430 Å². The molecule has 6 aromatic carbocycles. The summed E-state index contributed by atoms with van der Waals surface area (Å²) in [5.74, 6) is 1.31. The highest BCUT2D eigenvalue weighted by Gasteiger charge is 2.39. The molecule has 0 amide bonds. The second-order valence-electron chi connectivity index (χ2n) is 46.1. The van der Waals surface area contributed by atoms with E-state index in [9.17, 15) is 29.7 Å². The number of carbonyl (C=O) groups is 3. The van der Waals surface area contributed by atoms with Crippen LogP contribution in [0.2, 0.25) is 0 Å². The molecule has 0 spiro atoms. The van der Waals surface area contributed by atoms with Gasteiger partial charge in [-0.1, -0.05) is 249 Å². The molecule has 0 saturated carbocycles.